The summed E-state index contributed by atoms with van der Waals surface area (Å²) in [5.74, 6) is 0.232. The highest BCUT2D eigenvalue weighted by Crippen LogP contribution is 2.16. The van der Waals surface area contributed by atoms with Gasteiger partial charge in [-0.05, 0) is 12.1 Å². The molecule has 5 heteroatoms. The Bertz CT molecular complexity index is 293. The first-order valence-electron chi connectivity index (χ1n) is 3.02. The number of rotatable bonds is 3. The summed E-state index contributed by atoms with van der Waals surface area (Å²) in [6, 6.07) is 5.13. The van der Waals surface area contributed by atoms with Crippen LogP contribution in [0.1, 0.15) is 0 Å². The van der Waals surface area contributed by atoms with Gasteiger partial charge < -0.3 is 4.74 Å². The third kappa shape index (κ3) is 1.79. The molecule has 0 unspecified atom stereocenters. The first-order valence-corrected chi connectivity index (χ1v) is 3.02. The van der Waals surface area contributed by atoms with Gasteiger partial charge in [-0.25, -0.2) is 4.79 Å². The predicted octanol–water partition coefficient (Wildman–Crippen LogP) is 1.04. The summed E-state index contributed by atoms with van der Waals surface area (Å²) in [5.41, 5.74) is -0.0479. The molecule has 61 valence electrons. The molecule has 0 aromatic heterocycles. The van der Waals surface area contributed by atoms with Crippen molar-refractivity contribution in [2.45, 2.75) is 0 Å². The summed E-state index contributed by atoms with van der Waals surface area (Å²) in [7, 11) is 0. The van der Waals surface area contributed by atoms with Gasteiger partial charge in [0, 0.05) is 12.1 Å². The number of nitrogens with zero attached hydrogens (tertiary/aromatic N) is 1. The molecule has 0 aliphatic rings. The smallest absolute Gasteiger partial charge is 0.418 e. The van der Waals surface area contributed by atoms with E-state index in [1.165, 1.54) is 30.7 Å². The standard InChI is InChI=1S/C7H4NO4/c9-5-12-7-3-1-6(2-4-7)8(10)11/h1-4H. The van der Waals surface area contributed by atoms with E-state index in [4.69, 9.17) is 0 Å². The first kappa shape index (κ1) is 8.19. The van der Waals surface area contributed by atoms with Gasteiger partial charge in [0.05, 0.1) is 4.92 Å². The van der Waals surface area contributed by atoms with Crippen molar-refractivity contribution in [1.82, 2.24) is 0 Å². The van der Waals surface area contributed by atoms with E-state index in [0.29, 0.717) is 0 Å². The molecule has 1 aromatic carbocycles. The van der Waals surface area contributed by atoms with E-state index in [-0.39, 0.29) is 11.4 Å². The van der Waals surface area contributed by atoms with Gasteiger partial charge in [-0.2, -0.15) is 0 Å². The quantitative estimate of drug-likeness (QED) is 0.496. The Kier molecular flexibility index (Phi) is 2.37. The number of benzene rings is 1. The van der Waals surface area contributed by atoms with Crippen molar-refractivity contribution in [1.29, 1.82) is 0 Å². The second-order valence-electron chi connectivity index (χ2n) is 1.94. The third-order valence-electron chi connectivity index (χ3n) is 1.21. The largest absolute Gasteiger partial charge is 0.423 e. The van der Waals surface area contributed by atoms with E-state index in [1.807, 2.05) is 0 Å². The van der Waals surface area contributed by atoms with Crippen molar-refractivity contribution in [2.75, 3.05) is 0 Å². The Labute approximate surface area is 67.7 Å². The topological polar surface area (TPSA) is 69.4 Å². The number of hydrogen-bond donors (Lipinski definition) is 0. The maximum absolute atomic E-state index is 10.2. The molecule has 0 fully saturated rings. The van der Waals surface area contributed by atoms with Crippen LogP contribution >= 0.6 is 0 Å². The Morgan fingerprint density at radius 1 is 1.33 bits per heavy atom. The minimum Gasteiger partial charge on any atom is -0.418 e. The van der Waals surface area contributed by atoms with E-state index >= 15 is 0 Å². The summed E-state index contributed by atoms with van der Waals surface area (Å²) < 4.78 is 4.31. The molecule has 0 N–H and O–H groups in total. The fourth-order valence-electron chi connectivity index (χ4n) is 0.684. The summed E-state index contributed by atoms with van der Waals surface area (Å²) in [4.78, 5) is 19.3. The van der Waals surface area contributed by atoms with Gasteiger partial charge in [-0.15, -0.1) is 0 Å². The molecular weight excluding hydrogens is 162 g/mol. The zero-order valence-corrected chi connectivity index (χ0v) is 5.89. The van der Waals surface area contributed by atoms with Crippen molar-refractivity contribution in [3.05, 3.63) is 34.4 Å². The van der Waals surface area contributed by atoms with Crippen molar-refractivity contribution in [3.8, 4) is 5.75 Å². The molecule has 0 amide bonds. The van der Waals surface area contributed by atoms with Crippen molar-refractivity contribution < 1.29 is 14.5 Å². The van der Waals surface area contributed by atoms with Crippen LogP contribution in [-0.2, 0) is 4.79 Å². The second kappa shape index (κ2) is 3.47. The summed E-state index contributed by atoms with van der Waals surface area (Å²) >= 11 is 0. The van der Waals surface area contributed by atoms with E-state index in [1.54, 1.807) is 0 Å². The Morgan fingerprint density at radius 3 is 2.33 bits per heavy atom. The van der Waals surface area contributed by atoms with Crippen LogP contribution in [0, 0.1) is 10.1 Å². The molecule has 1 radical (unpaired) electrons. The van der Waals surface area contributed by atoms with E-state index in [0.717, 1.165) is 0 Å². The average molecular weight is 166 g/mol. The number of nitro groups is 1. The zero-order valence-electron chi connectivity index (χ0n) is 5.89. The Balaban J connectivity index is 2.85. The molecule has 0 aliphatic heterocycles. The average Bonchev–Trinajstić information content (AvgIpc) is 2.06. The highest BCUT2D eigenvalue weighted by atomic mass is 16.6. The minimum absolute atomic E-state index is 0.0479. The molecule has 0 atom stereocenters. The van der Waals surface area contributed by atoms with E-state index in [9.17, 15) is 14.9 Å². The molecule has 0 saturated heterocycles. The Hall–Kier alpha value is -1.91. The maximum Gasteiger partial charge on any atom is 0.423 e. The van der Waals surface area contributed by atoms with Crippen LogP contribution in [-0.4, -0.2) is 11.4 Å². The van der Waals surface area contributed by atoms with Crippen molar-refractivity contribution in [3.63, 3.8) is 0 Å². The van der Waals surface area contributed by atoms with Crippen LogP contribution in [0.2, 0.25) is 0 Å². The van der Waals surface area contributed by atoms with Crippen molar-refractivity contribution >= 4 is 12.2 Å². The van der Waals surface area contributed by atoms with Gasteiger partial charge in [0.25, 0.3) is 5.69 Å². The highest BCUT2D eigenvalue weighted by molar-refractivity contribution is 5.47. The molecule has 1 aromatic rings. The lowest BCUT2D eigenvalue weighted by Crippen LogP contribution is -1.90. The maximum atomic E-state index is 10.2. The molecule has 1 rings (SSSR count). The summed E-state index contributed by atoms with van der Waals surface area (Å²) in [5, 5.41) is 10.2. The number of hydrogen-bond acceptors (Lipinski definition) is 4. The molecule has 0 heterocycles. The molecule has 0 aliphatic carbocycles. The number of ether oxygens (including phenoxy) is 1. The zero-order chi connectivity index (χ0) is 8.97. The lowest BCUT2D eigenvalue weighted by atomic mass is 10.3. The van der Waals surface area contributed by atoms with Crippen LogP contribution in [0.15, 0.2) is 24.3 Å². The molecule has 5 nitrogen and oxygen atoms in total. The summed E-state index contributed by atoms with van der Waals surface area (Å²) in [6.45, 7) is 1.21. The SMILES string of the molecule is O=[C]Oc1ccc([N+](=O)[O-])cc1. The predicted molar refractivity (Wildman–Crippen MR) is 39.4 cm³/mol. The van der Waals surface area contributed by atoms with Crippen LogP contribution < -0.4 is 4.74 Å². The number of nitro benzene ring substituents is 1. The fourth-order valence-corrected chi connectivity index (χ4v) is 0.684. The van der Waals surface area contributed by atoms with Crippen molar-refractivity contribution in [2.24, 2.45) is 0 Å². The normalized spacial score (nSPS) is 9.00. The molecular formula is C7H4NO4. The van der Waals surface area contributed by atoms with Gasteiger partial charge in [-0.3, -0.25) is 10.1 Å². The first-order chi connectivity index (χ1) is 5.74. The molecule has 12 heavy (non-hydrogen) atoms. The number of non-ortho nitro benzene ring substituents is 1. The minimum atomic E-state index is -0.533. The van der Waals surface area contributed by atoms with Crippen LogP contribution in [0.4, 0.5) is 5.69 Å². The number of carbonyl (C=O) groups excluding carboxylic acids is 1. The van der Waals surface area contributed by atoms with Crippen LogP contribution in [0.3, 0.4) is 0 Å². The van der Waals surface area contributed by atoms with Gasteiger partial charge in [0.1, 0.15) is 5.75 Å². The molecule has 0 saturated carbocycles. The monoisotopic (exact) mass is 166 g/mol. The second-order valence-corrected chi connectivity index (χ2v) is 1.94. The molecule has 0 bridgehead atoms. The lowest BCUT2D eigenvalue weighted by molar-refractivity contribution is -0.384. The fraction of sp³-hybridized carbons (Fsp3) is 0. The highest BCUT2D eigenvalue weighted by Gasteiger charge is 2.03. The summed E-state index contributed by atoms with van der Waals surface area (Å²) in [6.07, 6.45) is 0. The van der Waals surface area contributed by atoms with E-state index in [2.05, 4.69) is 4.74 Å². The van der Waals surface area contributed by atoms with Gasteiger partial charge in [-0.1, -0.05) is 0 Å². The van der Waals surface area contributed by atoms with Gasteiger partial charge in [0.2, 0.25) is 0 Å². The van der Waals surface area contributed by atoms with Gasteiger partial charge in [0.15, 0.2) is 0 Å². The van der Waals surface area contributed by atoms with Gasteiger partial charge >= 0.3 is 6.47 Å². The molecule has 0 spiro atoms. The lowest BCUT2D eigenvalue weighted by Gasteiger charge is -1.94. The third-order valence-corrected chi connectivity index (χ3v) is 1.21. The Morgan fingerprint density at radius 2 is 1.92 bits per heavy atom. The van der Waals surface area contributed by atoms with E-state index < -0.39 is 4.92 Å². The van der Waals surface area contributed by atoms with Crippen LogP contribution in [0.5, 0.6) is 5.75 Å². The van der Waals surface area contributed by atoms with Crippen LogP contribution in [0.25, 0.3) is 0 Å².